The molecule has 2 unspecified atom stereocenters. The van der Waals surface area contributed by atoms with Gasteiger partial charge in [-0.1, -0.05) is 19.1 Å². The molecule has 1 aromatic heterocycles. The zero-order valence-corrected chi connectivity index (χ0v) is 14.4. The Balaban J connectivity index is 2.31. The van der Waals surface area contributed by atoms with Crippen molar-refractivity contribution in [3.63, 3.8) is 0 Å². The van der Waals surface area contributed by atoms with E-state index >= 15 is 0 Å². The number of hydrogen-bond acceptors (Lipinski definition) is 3. The van der Waals surface area contributed by atoms with Crippen LogP contribution in [0.3, 0.4) is 0 Å². The van der Waals surface area contributed by atoms with Crippen LogP contribution in [0.25, 0.3) is 0 Å². The summed E-state index contributed by atoms with van der Waals surface area (Å²) in [6.07, 6.45) is 0.780. The standard InChI is InChI=1S/C16H20BrNOS/c1-4-13(18)16(15-8-12(17)9-20-15)19-14-7-5-6-10(2)11(14)3/h5-9,13,16H,4,18H2,1-3H3. The van der Waals surface area contributed by atoms with E-state index in [4.69, 9.17) is 10.5 Å². The van der Waals surface area contributed by atoms with Gasteiger partial charge in [0.05, 0.1) is 0 Å². The maximum atomic E-state index is 6.26. The molecule has 1 aromatic carbocycles. The smallest absolute Gasteiger partial charge is 0.148 e. The maximum absolute atomic E-state index is 6.26. The Morgan fingerprint density at radius 1 is 1.35 bits per heavy atom. The lowest BCUT2D eigenvalue weighted by atomic mass is 10.1. The van der Waals surface area contributed by atoms with Crippen molar-refractivity contribution < 1.29 is 4.74 Å². The normalized spacial score (nSPS) is 14.1. The van der Waals surface area contributed by atoms with Crippen LogP contribution in [0.4, 0.5) is 0 Å². The van der Waals surface area contributed by atoms with Crippen molar-refractivity contribution in [2.24, 2.45) is 5.73 Å². The Kier molecular flexibility index (Phi) is 5.24. The lowest BCUT2D eigenvalue weighted by Crippen LogP contribution is -2.31. The lowest BCUT2D eigenvalue weighted by molar-refractivity contribution is 0.173. The first-order chi connectivity index (χ1) is 9.52. The van der Waals surface area contributed by atoms with Crippen molar-refractivity contribution in [3.8, 4) is 5.75 Å². The lowest BCUT2D eigenvalue weighted by Gasteiger charge is -2.24. The molecule has 0 fully saturated rings. The van der Waals surface area contributed by atoms with Crippen LogP contribution in [0.1, 0.15) is 35.5 Å². The topological polar surface area (TPSA) is 35.2 Å². The largest absolute Gasteiger partial charge is 0.483 e. The Morgan fingerprint density at radius 2 is 2.10 bits per heavy atom. The monoisotopic (exact) mass is 353 g/mol. The molecule has 0 saturated carbocycles. The average molecular weight is 354 g/mol. The van der Waals surface area contributed by atoms with Gasteiger partial charge in [-0.05, 0) is 59.5 Å². The summed E-state index contributed by atoms with van der Waals surface area (Å²) in [5, 5.41) is 2.07. The first kappa shape index (κ1) is 15.5. The van der Waals surface area contributed by atoms with Gasteiger partial charge in [-0.2, -0.15) is 0 Å². The van der Waals surface area contributed by atoms with Crippen molar-refractivity contribution in [2.75, 3.05) is 0 Å². The van der Waals surface area contributed by atoms with Crippen LogP contribution in [-0.4, -0.2) is 6.04 Å². The van der Waals surface area contributed by atoms with E-state index in [0.29, 0.717) is 0 Å². The fraction of sp³-hybridized carbons (Fsp3) is 0.375. The molecule has 0 aliphatic rings. The number of halogens is 1. The van der Waals surface area contributed by atoms with Gasteiger partial charge in [0.1, 0.15) is 11.9 Å². The molecule has 2 aromatic rings. The van der Waals surface area contributed by atoms with E-state index in [9.17, 15) is 0 Å². The number of benzene rings is 1. The summed E-state index contributed by atoms with van der Waals surface area (Å²) in [6, 6.07) is 8.21. The first-order valence-corrected chi connectivity index (χ1v) is 8.42. The van der Waals surface area contributed by atoms with E-state index < -0.39 is 0 Å². The van der Waals surface area contributed by atoms with Crippen LogP contribution in [0.15, 0.2) is 34.1 Å². The van der Waals surface area contributed by atoms with Gasteiger partial charge in [0.2, 0.25) is 0 Å². The van der Waals surface area contributed by atoms with Gasteiger partial charge >= 0.3 is 0 Å². The van der Waals surface area contributed by atoms with Gasteiger partial charge in [0.25, 0.3) is 0 Å². The molecule has 4 heteroatoms. The highest BCUT2D eigenvalue weighted by atomic mass is 79.9. The first-order valence-electron chi connectivity index (χ1n) is 6.75. The zero-order chi connectivity index (χ0) is 14.7. The molecule has 108 valence electrons. The summed E-state index contributed by atoms with van der Waals surface area (Å²) in [7, 11) is 0. The molecule has 2 N–H and O–H groups in total. The van der Waals surface area contributed by atoms with Crippen LogP contribution in [-0.2, 0) is 0 Å². The summed E-state index contributed by atoms with van der Waals surface area (Å²) >= 11 is 5.18. The number of hydrogen-bond donors (Lipinski definition) is 1. The fourth-order valence-corrected chi connectivity index (χ4v) is 3.58. The van der Waals surface area contributed by atoms with Crippen LogP contribution in [0.5, 0.6) is 5.75 Å². The van der Waals surface area contributed by atoms with Gasteiger partial charge < -0.3 is 10.5 Å². The zero-order valence-electron chi connectivity index (χ0n) is 12.0. The molecular formula is C16H20BrNOS. The van der Waals surface area contributed by atoms with Crippen molar-refractivity contribution in [2.45, 2.75) is 39.3 Å². The average Bonchev–Trinajstić information content (AvgIpc) is 2.86. The van der Waals surface area contributed by atoms with Crippen molar-refractivity contribution in [1.82, 2.24) is 0 Å². The Hall–Kier alpha value is -0.840. The fourth-order valence-electron chi connectivity index (χ4n) is 2.04. The van der Waals surface area contributed by atoms with E-state index in [0.717, 1.165) is 21.5 Å². The van der Waals surface area contributed by atoms with Crippen LogP contribution >= 0.6 is 27.3 Å². The number of thiophene rings is 1. The molecule has 0 saturated heterocycles. The Labute approximate surface area is 133 Å². The van der Waals surface area contributed by atoms with Crippen LogP contribution < -0.4 is 10.5 Å². The molecule has 1 heterocycles. The second kappa shape index (κ2) is 6.74. The minimum atomic E-state index is -0.100. The number of nitrogens with two attached hydrogens (primary N) is 1. The van der Waals surface area contributed by atoms with Crippen molar-refractivity contribution in [1.29, 1.82) is 0 Å². The summed E-state index contributed by atoms with van der Waals surface area (Å²) in [6.45, 7) is 6.27. The predicted molar refractivity (Wildman–Crippen MR) is 89.6 cm³/mol. The highest BCUT2D eigenvalue weighted by Gasteiger charge is 2.23. The molecule has 2 atom stereocenters. The second-order valence-electron chi connectivity index (χ2n) is 4.98. The third kappa shape index (κ3) is 3.43. The predicted octanol–water partition coefficient (Wildman–Crippen LogP) is 4.98. The third-order valence-electron chi connectivity index (χ3n) is 3.54. The summed E-state index contributed by atoms with van der Waals surface area (Å²) in [5.74, 6) is 0.920. The van der Waals surface area contributed by atoms with E-state index in [1.807, 2.05) is 12.1 Å². The molecule has 0 spiro atoms. The Morgan fingerprint density at radius 3 is 2.70 bits per heavy atom. The van der Waals surface area contributed by atoms with Crippen molar-refractivity contribution in [3.05, 3.63) is 50.1 Å². The highest BCUT2D eigenvalue weighted by molar-refractivity contribution is 9.10. The second-order valence-corrected chi connectivity index (χ2v) is 6.83. The molecule has 2 rings (SSSR count). The van der Waals surface area contributed by atoms with E-state index in [2.05, 4.69) is 54.2 Å². The summed E-state index contributed by atoms with van der Waals surface area (Å²) < 4.78 is 7.32. The molecule has 0 aliphatic carbocycles. The van der Waals surface area contributed by atoms with E-state index in [-0.39, 0.29) is 12.1 Å². The SMILES string of the molecule is CCC(N)C(Oc1cccc(C)c1C)c1cc(Br)cs1. The third-order valence-corrected chi connectivity index (χ3v) is 5.29. The van der Waals surface area contributed by atoms with Gasteiger partial charge in [0, 0.05) is 20.8 Å². The van der Waals surface area contributed by atoms with Crippen LogP contribution in [0.2, 0.25) is 0 Å². The van der Waals surface area contributed by atoms with Crippen molar-refractivity contribution >= 4 is 27.3 Å². The molecule has 20 heavy (non-hydrogen) atoms. The molecular weight excluding hydrogens is 334 g/mol. The molecule has 0 bridgehead atoms. The van der Waals surface area contributed by atoms with Crippen LogP contribution in [0, 0.1) is 13.8 Å². The summed E-state index contributed by atoms with van der Waals surface area (Å²) in [4.78, 5) is 1.16. The Bertz CT molecular complexity index is 582. The van der Waals surface area contributed by atoms with Gasteiger partial charge in [-0.25, -0.2) is 0 Å². The minimum absolute atomic E-state index is 0.0135. The minimum Gasteiger partial charge on any atom is -0.483 e. The summed E-state index contributed by atoms with van der Waals surface area (Å²) in [5.41, 5.74) is 8.67. The number of rotatable bonds is 5. The molecule has 0 aliphatic heterocycles. The van der Waals surface area contributed by atoms with Gasteiger partial charge in [0.15, 0.2) is 0 Å². The number of ether oxygens (including phenoxy) is 1. The number of aryl methyl sites for hydroxylation is 1. The molecule has 0 radical (unpaired) electrons. The van der Waals surface area contributed by atoms with Gasteiger partial charge in [-0.15, -0.1) is 11.3 Å². The van der Waals surface area contributed by atoms with E-state index in [1.54, 1.807) is 11.3 Å². The highest BCUT2D eigenvalue weighted by Crippen LogP contribution is 2.33. The molecule has 0 amide bonds. The molecule has 2 nitrogen and oxygen atoms in total. The van der Waals surface area contributed by atoms with E-state index in [1.165, 1.54) is 11.1 Å². The van der Waals surface area contributed by atoms with Gasteiger partial charge in [-0.3, -0.25) is 0 Å². The quantitative estimate of drug-likeness (QED) is 0.821. The maximum Gasteiger partial charge on any atom is 0.148 e.